The molecule has 6 aliphatic rings. The zero-order chi connectivity index (χ0) is 23.7. The fourth-order valence-corrected chi connectivity index (χ4v) is 11.3. The van der Waals surface area contributed by atoms with Crippen LogP contribution in [-0.2, 0) is 4.74 Å². The molecule has 4 saturated carbocycles. The molecule has 2 N–H and O–H groups in total. The van der Waals surface area contributed by atoms with Gasteiger partial charge in [0.05, 0.1) is 24.9 Å². The number of aliphatic hydroxyl groups excluding tert-OH is 2. The molecule has 0 aromatic heterocycles. The van der Waals surface area contributed by atoms with Crippen LogP contribution in [0.4, 0.5) is 0 Å². The van der Waals surface area contributed by atoms with Crippen LogP contribution in [0.5, 0.6) is 0 Å². The van der Waals surface area contributed by atoms with Gasteiger partial charge < -0.3 is 14.9 Å². The molecule has 186 valence electrons. The first-order valence-electron chi connectivity index (χ1n) is 14.0. The van der Waals surface area contributed by atoms with E-state index >= 15 is 0 Å². The topological polar surface area (TPSA) is 49.7 Å². The minimum absolute atomic E-state index is 0.0889. The van der Waals surface area contributed by atoms with Gasteiger partial charge >= 0.3 is 0 Å². The van der Waals surface area contributed by atoms with Crippen molar-refractivity contribution in [3.8, 4) is 0 Å². The van der Waals surface area contributed by atoms with E-state index in [9.17, 15) is 10.2 Å². The summed E-state index contributed by atoms with van der Waals surface area (Å²) in [6.45, 7) is 15.9. The highest BCUT2D eigenvalue weighted by Gasteiger charge is 2.77. The maximum atomic E-state index is 10.9. The zero-order valence-corrected chi connectivity index (χ0v) is 22.0. The predicted molar refractivity (Wildman–Crippen MR) is 132 cm³/mol. The van der Waals surface area contributed by atoms with Gasteiger partial charge in [0.25, 0.3) is 0 Å². The van der Waals surface area contributed by atoms with E-state index in [-0.39, 0.29) is 28.5 Å². The molecule has 6 rings (SSSR count). The number of hydrogen-bond donors (Lipinski definition) is 2. The molecule has 0 aromatic rings. The van der Waals surface area contributed by atoms with E-state index < -0.39 is 11.5 Å². The molecule has 1 aliphatic heterocycles. The van der Waals surface area contributed by atoms with Crippen molar-refractivity contribution in [2.45, 2.75) is 111 Å². The lowest BCUT2D eigenvalue weighted by molar-refractivity contribution is -0.248. The van der Waals surface area contributed by atoms with Gasteiger partial charge in [0.15, 0.2) is 0 Å². The average molecular weight is 457 g/mol. The van der Waals surface area contributed by atoms with E-state index in [1.807, 2.05) is 0 Å². The lowest BCUT2D eigenvalue weighted by atomic mass is 9.32. The van der Waals surface area contributed by atoms with Gasteiger partial charge in [0.2, 0.25) is 0 Å². The summed E-state index contributed by atoms with van der Waals surface area (Å²) in [5, 5.41) is 21.4. The Hall–Kier alpha value is -0.380. The number of rotatable bonds is 1. The molecule has 3 heteroatoms. The Morgan fingerprint density at radius 3 is 2.33 bits per heavy atom. The van der Waals surface area contributed by atoms with Crippen LogP contribution in [0.2, 0.25) is 0 Å². The highest BCUT2D eigenvalue weighted by Crippen LogP contribution is 2.79. The molecule has 10 atom stereocenters. The summed E-state index contributed by atoms with van der Waals surface area (Å²) >= 11 is 0. The van der Waals surface area contributed by atoms with Gasteiger partial charge in [-0.05, 0) is 91.3 Å². The van der Waals surface area contributed by atoms with E-state index in [1.165, 1.54) is 38.5 Å². The molecule has 5 fully saturated rings. The average Bonchev–Trinajstić information content (AvgIpc) is 3.00. The quantitative estimate of drug-likeness (QED) is 0.467. The van der Waals surface area contributed by atoms with Gasteiger partial charge in [-0.2, -0.15) is 0 Å². The molecule has 0 radical (unpaired) electrons. The van der Waals surface area contributed by atoms with E-state index in [2.05, 4.69) is 53.7 Å². The summed E-state index contributed by atoms with van der Waals surface area (Å²) in [5.41, 5.74) is 0.729. The smallest absolute Gasteiger partial charge is 0.0955 e. The van der Waals surface area contributed by atoms with Gasteiger partial charge in [-0.15, -0.1) is 0 Å². The van der Waals surface area contributed by atoms with Gasteiger partial charge in [-0.25, -0.2) is 0 Å². The van der Waals surface area contributed by atoms with Crippen molar-refractivity contribution in [1.82, 2.24) is 0 Å². The molecule has 5 aliphatic carbocycles. The summed E-state index contributed by atoms with van der Waals surface area (Å²) < 4.78 is 7.10. The van der Waals surface area contributed by atoms with Gasteiger partial charge in [0.1, 0.15) is 0 Å². The van der Waals surface area contributed by atoms with Crippen LogP contribution in [0.1, 0.15) is 99.3 Å². The largest absolute Gasteiger partial charge is 0.396 e. The van der Waals surface area contributed by atoms with Crippen molar-refractivity contribution in [1.29, 1.82) is 0 Å². The standard InChI is InChI=1S/C30H48O3/c1-24(2)13-15-29-16-14-28(6)27(5)11-7-20-25(3,10-9-23(32)26(20,4)18-31)21(27)8-12-30(28,33-19-29)22(29)17-24/h8,12,20-23,31-32H,7,9-11,13-19H2,1-6H3. The number of aliphatic hydroxyl groups is 2. The van der Waals surface area contributed by atoms with Crippen molar-refractivity contribution in [3.63, 3.8) is 0 Å². The van der Waals surface area contributed by atoms with E-state index in [4.69, 9.17) is 4.74 Å². The Labute approximate surface area is 201 Å². The predicted octanol–water partition coefficient (Wildman–Crippen LogP) is 6.13. The van der Waals surface area contributed by atoms with E-state index in [0.29, 0.717) is 28.6 Å². The highest BCUT2D eigenvalue weighted by molar-refractivity contribution is 5.34. The normalized spacial score (nSPS) is 61.0. The van der Waals surface area contributed by atoms with Crippen LogP contribution in [0.15, 0.2) is 12.2 Å². The Morgan fingerprint density at radius 1 is 0.879 bits per heavy atom. The van der Waals surface area contributed by atoms with Crippen LogP contribution in [0.3, 0.4) is 0 Å². The van der Waals surface area contributed by atoms with Crippen molar-refractivity contribution < 1.29 is 14.9 Å². The summed E-state index contributed by atoms with van der Waals surface area (Å²) in [6.07, 6.45) is 15.5. The molecular weight excluding hydrogens is 408 g/mol. The van der Waals surface area contributed by atoms with Gasteiger partial charge in [0, 0.05) is 16.7 Å². The number of hydrogen-bond acceptors (Lipinski definition) is 3. The molecule has 1 saturated heterocycles. The molecule has 33 heavy (non-hydrogen) atoms. The molecular formula is C30H48O3. The minimum atomic E-state index is -0.392. The van der Waals surface area contributed by atoms with Gasteiger partial charge in [-0.3, -0.25) is 0 Å². The fourth-order valence-electron chi connectivity index (χ4n) is 11.3. The molecule has 0 amide bonds. The van der Waals surface area contributed by atoms with Crippen molar-refractivity contribution in [2.75, 3.05) is 13.2 Å². The van der Waals surface area contributed by atoms with Crippen LogP contribution in [0, 0.1) is 50.2 Å². The molecule has 2 bridgehead atoms. The molecule has 1 heterocycles. The Bertz CT molecular complexity index is 880. The SMILES string of the molecule is CC1(C)CCC23CCC4(C)C5(C)CCC6C(C)(CO)C(O)CCC6(C)C5C=CC4(OC2)C3C1. The second kappa shape index (κ2) is 6.48. The third kappa shape index (κ3) is 2.44. The summed E-state index contributed by atoms with van der Waals surface area (Å²) in [7, 11) is 0. The maximum Gasteiger partial charge on any atom is 0.0955 e. The van der Waals surface area contributed by atoms with E-state index in [0.717, 1.165) is 25.9 Å². The second-order valence-electron chi connectivity index (χ2n) is 15.3. The van der Waals surface area contributed by atoms with Crippen LogP contribution in [0.25, 0.3) is 0 Å². The Kier molecular flexibility index (Phi) is 4.53. The van der Waals surface area contributed by atoms with Crippen LogP contribution < -0.4 is 0 Å². The fraction of sp³-hybridized carbons (Fsp3) is 0.933. The molecule has 1 spiro atoms. The van der Waals surface area contributed by atoms with Crippen molar-refractivity contribution in [3.05, 3.63) is 12.2 Å². The molecule has 10 unspecified atom stereocenters. The number of allylic oxidation sites excluding steroid dienone is 1. The second-order valence-corrected chi connectivity index (χ2v) is 15.3. The highest BCUT2D eigenvalue weighted by atomic mass is 16.5. The third-order valence-corrected chi connectivity index (χ3v) is 13.7. The maximum absolute atomic E-state index is 10.9. The lowest BCUT2D eigenvalue weighted by Gasteiger charge is -2.72. The van der Waals surface area contributed by atoms with Gasteiger partial charge in [-0.1, -0.05) is 53.7 Å². The van der Waals surface area contributed by atoms with Crippen LogP contribution >= 0.6 is 0 Å². The first-order chi connectivity index (χ1) is 15.3. The number of fused-ring (bicyclic) bond motifs is 4. The monoisotopic (exact) mass is 456 g/mol. The third-order valence-electron chi connectivity index (χ3n) is 13.7. The zero-order valence-electron chi connectivity index (χ0n) is 22.0. The summed E-state index contributed by atoms with van der Waals surface area (Å²) in [6, 6.07) is 0. The minimum Gasteiger partial charge on any atom is -0.396 e. The first kappa shape index (κ1) is 23.0. The first-order valence-corrected chi connectivity index (χ1v) is 14.0. The lowest BCUT2D eigenvalue weighted by Crippen LogP contribution is -2.70. The van der Waals surface area contributed by atoms with Crippen molar-refractivity contribution >= 4 is 0 Å². The Balaban J connectivity index is 1.47. The van der Waals surface area contributed by atoms with Crippen LogP contribution in [-0.4, -0.2) is 35.1 Å². The summed E-state index contributed by atoms with van der Waals surface area (Å²) in [5.74, 6) is 1.48. The summed E-state index contributed by atoms with van der Waals surface area (Å²) in [4.78, 5) is 0. The van der Waals surface area contributed by atoms with E-state index in [1.54, 1.807) is 0 Å². The van der Waals surface area contributed by atoms with Crippen molar-refractivity contribution in [2.24, 2.45) is 50.2 Å². The molecule has 3 nitrogen and oxygen atoms in total. The Morgan fingerprint density at radius 2 is 1.61 bits per heavy atom. The molecule has 0 aromatic carbocycles. The number of ether oxygens (including phenoxy) is 1.